The summed E-state index contributed by atoms with van der Waals surface area (Å²) in [4.78, 5) is 6.14. The molecule has 0 saturated carbocycles. The molecule has 0 aliphatic carbocycles. The molecule has 0 radical (unpaired) electrons. The van der Waals surface area contributed by atoms with Gasteiger partial charge in [-0.25, -0.2) is 13.4 Å². The summed E-state index contributed by atoms with van der Waals surface area (Å²) in [5.74, 6) is 0.0309. The van der Waals surface area contributed by atoms with Crippen molar-refractivity contribution in [2.75, 3.05) is 30.3 Å². The van der Waals surface area contributed by atoms with E-state index in [9.17, 15) is 8.42 Å². The monoisotopic (exact) mass is 233 g/mol. The second kappa shape index (κ2) is 2.83. The molecule has 0 atom stereocenters. The zero-order valence-electron chi connectivity index (χ0n) is 8.18. The molecule has 2 heterocycles. The van der Waals surface area contributed by atoms with Crippen molar-refractivity contribution in [2.45, 2.75) is 5.75 Å². The molecule has 0 unspecified atom stereocenters. The second-order valence-corrected chi connectivity index (χ2v) is 6.32. The Balaban J connectivity index is 2.47. The molecule has 1 aliphatic heterocycles. The van der Waals surface area contributed by atoms with Crippen LogP contribution in [0.4, 0.5) is 10.1 Å². The van der Waals surface area contributed by atoms with Crippen LogP contribution in [0.15, 0.2) is 0 Å². The Morgan fingerprint density at radius 1 is 1.50 bits per heavy atom. The first-order valence-electron chi connectivity index (χ1n) is 4.05. The van der Waals surface area contributed by atoms with E-state index in [1.54, 1.807) is 7.05 Å². The summed E-state index contributed by atoms with van der Waals surface area (Å²) in [6.07, 6.45) is 0. The van der Waals surface area contributed by atoms with E-state index < -0.39 is 10.0 Å². The fourth-order valence-electron chi connectivity index (χ4n) is 1.26. The van der Waals surface area contributed by atoms with Crippen LogP contribution < -0.4 is 9.21 Å². The average Bonchev–Trinajstić information content (AvgIpc) is 2.53. The number of thiazole rings is 1. The van der Waals surface area contributed by atoms with Gasteiger partial charge in [-0.15, -0.1) is 0 Å². The molecule has 0 saturated heterocycles. The highest BCUT2D eigenvalue weighted by molar-refractivity contribution is 7.92. The third-order valence-corrected chi connectivity index (χ3v) is 5.18. The van der Waals surface area contributed by atoms with Crippen molar-refractivity contribution in [3.05, 3.63) is 5.69 Å². The summed E-state index contributed by atoms with van der Waals surface area (Å²) < 4.78 is 24.2. The van der Waals surface area contributed by atoms with Crippen LogP contribution in [0.5, 0.6) is 0 Å². The Morgan fingerprint density at radius 3 is 2.64 bits per heavy atom. The molecule has 2 rings (SSSR count). The maximum atomic E-state index is 11.4. The first-order chi connectivity index (χ1) is 6.42. The number of nitrogens with zero attached hydrogens (tertiary/aromatic N) is 3. The number of fused-ring (bicyclic) bond motifs is 1. The molecule has 0 fully saturated rings. The van der Waals surface area contributed by atoms with Crippen LogP contribution in [-0.4, -0.2) is 34.5 Å². The van der Waals surface area contributed by atoms with Crippen LogP contribution in [0.3, 0.4) is 0 Å². The summed E-state index contributed by atoms with van der Waals surface area (Å²) >= 11 is 1.40. The van der Waals surface area contributed by atoms with Gasteiger partial charge in [0.25, 0.3) is 0 Å². The second-order valence-electron chi connectivity index (χ2n) is 3.37. The quantitative estimate of drug-likeness (QED) is 0.708. The van der Waals surface area contributed by atoms with Crippen LogP contribution in [0.25, 0.3) is 0 Å². The molecule has 0 bridgehead atoms. The first kappa shape index (κ1) is 9.72. The molecule has 0 amide bonds. The zero-order valence-corrected chi connectivity index (χ0v) is 9.81. The summed E-state index contributed by atoms with van der Waals surface area (Å²) in [5, 5.41) is 1.59. The minimum absolute atomic E-state index is 0.0309. The topological polar surface area (TPSA) is 53.5 Å². The van der Waals surface area contributed by atoms with Gasteiger partial charge in [-0.3, -0.25) is 4.31 Å². The molecule has 1 aliphatic rings. The molecular formula is C7H11N3O2S2. The van der Waals surface area contributed by atoms with Crippen LogP contribution in [0, 0.1) is 0 Å². The van der Waals surface area contributed by atoms with E-state index in [0.717, 1.165) is 10.1 Å². The van der Waals surface area contributed by atoms with Crippen LogP contribution in [0.2, 0.25) is 0 Å². The number of anilines is 2. The fraction of sp³-hybridized carbons (Fsp3) is 0.571. The van der Waals surface area contributed by atoms with Gasteiger partial charge < -0.3 is 4.90 Å². The maximum Gasteiger partial charge on any atom is 0.241 e. The molecule has 7 heteroatoms. The molecule has 14 heavy (non-hydrogen) atoms. The Hall–Kier alpha value is -0.820. The molecule has 0 spiro atoms. The minimum Gasteiger partial charge on any atom is -0.354 e. The standard InChI is InChI=1S/C7H11N3O2S2/c1-9(2)7-8-5-4-14(11,12)10(3)6(5)13-7/h4H2,1-3H3. The number of hydrogen-bond donors (Lipinski definition) is 0. The van der Waals surface area contributed by atoms with Crippen molar-refractivity contribution in [1.82, 2.24) is 4.98 Å². The lowest BCUT2D eigenvalue weighted by Crippen LogP contribution is -2.20. The third kappa shape index (κ3) is 1.27. The van der Waals surface area contributed by atoms with Crippen LogP contribution in [-0.2, 0) is 15.8 Å². The smallest absolute Gasteiger partial charge is 0.241 e. The Kier molecular flexibility index (Phi) is 1.97. The lowest BCUT2D eigenvalue weighted by molar-refractivity contribution is 0.596. The summed E-state index contributed by atoms with van der Waals surface area (Å²) in [7, 11) is 2.23. The first-order valence-corrected chi connectivity index (χ1v) is 6.48. The molecular weight excluding hydrogens is 222 g/mol. The summed E-state index contributed by atoms with van der Waals surface area (Å²) in [5.41, 5.74) is 0.668. The predicted octanol–water partition coefficient (Wildman–Crippen LogP) is 0.489. The SMILES string of the molecule is CN(C)c1nc2c(s1)N(C)S(=O)(=O)C2. The molecule has 5 nitrogen and oxygen atoms in total. The van der Waals surface area contributed by atoms with Gasteiger partial charge >= 0.3 is 0 Å². The van der Waals surface area contributed by atoms with Gasteiger partial charge in [-0.2, -0.15) is 0 Å². The fourth-order valence-corrected chi connectivity index (χ4v) is 3.78. The van der Waals surface area contributed by atoms with E-state index in [1.165, 1.54) is 15.6 Å². The number of rotatable bonds is 1. The minimum atomic E-state index is -3.12. The van der Waals surface area contributed by atoms with Crippen molar-refractivity contribution in [3.63, 3.8) is 0 Å². The van der Waals surface area contributed by atoms with Crippen molar-refractivity contribution < 1.29 is 8.42 Å². The van der Waals surface area contributed by atoms with Gasteiger partial charge in [-0.1, -0.05) is 11.3 Å². The molecule has 1 aromatic heterocycles. The zero-order chi connectivity index (χ0) is 10.5. The van der Waals surface area contributed by atoms with Gasteiger partial charge in [0.05, 0.1) is 5.69 Å². The third-order valence-electron chi connectivity index (χ3n) is 2.07. The Morgan fingerprint density at radius 2 is 2.14 bits per heavy atom. The van der Waals surface area contributed by atoms with Gasteiger partial charge in [-0.05, 0) is 0 Å². The van der Waals surface area contributed by atoms with Crippen LogP contribution in [0.1, 0.15) is 5.69 Å². The van der Waals surface area contributed by atoms with E-state index >= 15 is 0 Å². The van der Waals surface area contributed by atoms with E-state index in [4.69, 9.17) is 0 Å². The molecule has 1 aromatic rings. The number of aromatic nitrogens is 1. The normalized spacial score (nSPS) is 18.4. The van der Waals surface area contributed by atoms with Crippen molar-refractivity contribution in [3.8, 4) is 0 Å². The predicted molar refractivity (Wildman–Crippen MR) is 57.5 cm³/mol. The van der Waals surface area contributed by atoms with Crippen molar-refractivity contribution in [2.24, 2.45) is 0 Å². The highest BCUT2D eigenvalue weighted by atomic mass is 32.2. The van der Waals surface area contributed by atoms with E-state index in [1.807, 2.05) is 19.0 Å². The van der Waals surface area contributed by atoms with E-state index in [-0.39, 0.29) is 5.75 Å². The highest BCUT2D eigenvalue weighted by Gasteiger charge is 2.34. The lowest BCUT2D eigenvalue weighted by Gasteiger charge is -2.10. The molecule has 0 aromatic carbocycles. The Bertz CT molecular complexity index is 463. The molecule has 0 N–H and O–H groups in total. The maximum absolute atomic E-state index is 11.4. The van der Waals surface area contributed by atoms with Gasteiger partial charge in [0.15, 0.2) is 5.13 Å². The van der Waals surface area contributed by atoms with Crippen LogP contribution >= 0.6 is 11.3 Å². The highest BCUT2D eigenvalue weighted by Crippen LogP contribution is 2.40. The summed E-state index contributed by atoms with van der Waals surface area (Å²) in [6, 6.07) is 0. The van der Waals surface area contributed by atoms with Crippen molar-refractivity contribution in [1.29, 1.82) is 0 Å². The van der Waals surface area contributed by atoms with Gasteiger partial charge in [0.1, 0.15) is 10.8 Å². The Labute approximate surface area is 87.0 Å². The summed E-state index contributed by atoms with van der Waals surface area (Å²) in [6.45, 7) is 0. The van der Waals surface area contributed by atoms with E-state index in [0.29, 0.717) is 5.69 Å². The van der Waals surface area contributed by atoms with Gasteiger partial charge in [0, 0.05) is 21.1 Å². The van der Waals surface area contributed by atoms with Gasteiger partial charge in [0.2, 0.25) is 10.0 Å². The largest absolute Gasteiger partial charge is 0.354 e. The van der Waals surface area contributed by atoms with E-state index in [2.05, 4.69) is 4.98 Å². The number of hydrogen-bond acceptors (Lipinski definition) is 5. The number of sulfonamides is 1. The average molecular weight is 233 g/mol. The lowest BCUT2D eigenvalue weighted by atomic mass is 10.5. The molecule has 78 valence electrons. The van der Waals surface area contributed by atoms with Crippen molar-refractivity contribution >= 4 is 31.5 Å².